The Morgan fingerprint density at radius 2 is 1.89 bits per heavy atom. The van der Waals surface area contributed by atoms with E-state index in [9.17, 15) is 19.5 Å². The molecule has 0 aliphatic carbocycles. The Balaban J connectivity index is 1.82. The van der Waals surface area contributed by atoms with E-state index in [0.717, 1.165) is 0 Å². The average molecular weight is 381 g/mol. The zero-order chi connectivity index (χ0) is 19.8. The van der Waals surface area contributed by atoms with Gasteiger partial charge in [0.05, 0.1) is 18.9 Å². The molecular weight excluding hydrogens is 358 g/mol. The molecule has 0 aromatic heterocycles. The highest BCUT2D eigenvalue weighted by molar-refractivity contribution is 5.88. The van der Waals surface area contributed by atoms with Crippen LogP contribution in [0.2, 0.25) is 0 Å². The highest BCUT2D eigenvalue weighted by Gasteiger charge is 2.32. The van der Waals surface area contributed by atoms with Crippen LogP contribution in [-0.4, -0.2) is 53.2 Å². The van der Waals surface area contributed by atoms with Crippen molar-refractivity contribution in [1.82, 2.24) is 0 Å². The fourth-order valence-corrected chi connectivity index (χ4v) is 2.51. The number of carbonyl (C=O) groups is 3. The number of amides is 1. The number of aliphatic hydroxyl groups is 1. The SMILES string of the molecule is CC(=O)Nc1ccc(OC2CCC(O)C(COC(=O)CCC(=O)O)O2)cc1. The van der Waals surface area contributed by atoms with Crippen LogP contribution in [0.1, 0.15) is 32.6 Å². The molecular formula is C18H23NO8. The van der Waals surface area contributed by atoms with E-state index in [1.165, 1.54) is 6.92 Å². The first kappa shape index (κ1) is 20.7. The Labute approximate surface area is 156 Å². The van der Waals surface area contributed by atoms with Crippen molar-refractivity contribution in [2.75, 3.05) is 11.9 Å². The molecule has 9 heteroatoms. The van der Waals surface area contributed by atoms with Gasteiger partial charge in [-0.1, -0.05) is 0 Å². The lowest BCUT2D eigenvalue weighted by atomic mass is 10.1. The number of hydrogen-bond donors (Lipinski definition) is 3. The van der Waals surface area contributed by atoms with Crippen LogP contribution < -0.4 is 10.1 Å². The third kappa shape index (κ3) is 7.24. The number of rotatable bonds is 8. The normalized spacial score (nSPS) is 21.9. The van der Waals surface area contributed by atoms with Crippen LogP contribution in [0.25, 0.3) is 0 Å². The summed E-state index contributed by atoms with van der Waals surface area (Å²) in [5, 5.41) is 21.2. The maximum atomic E-state index is 11.5. The third-order valence-electron chi connectivity index (χ3n) is 3.85. The summed E-state index contributed by atoms with van der Waals surface area (Å²) in [5.41, 5.74) is 0.640. The Bertz CT molecular complexity index is 660. The molecule has 1 aromatic rings. The lowest BCUT2D eigenvalue weighted by Crippen LogP contribution is -2.44. The minimum atomic E-state index is -1.08. The Morgan fingerprint density at radius 1 is 1.19 bits per heavy atom. The van der Waals surface area contributed by atoms with Gasteiger partial charge in [0.2, 0.25) is 5.91 Å². The monoisotopic (exact) mass is 381 g/mol. The zero-order valence-corrected chi connectivity index (χ0v) is 14.9. The molecule has 2 rings (SSSR count). The number of benzene rings is 1. The van der Waals surface area contributed by atoms with Gasteiger partial charge in [0.25, 0.3) is 0 Å². The lowest BCUT2D eigenvalue weighted by molar-refractivity contribution is -0.203. The predicted molar refractivity (Wildman–Crippen MR) is 93.1 cm³/mol. The number of hydrogen-bond acceptors (Lipinski definition) is 7. The van der Waals surface area contributed by atoms with Gasteiger partial charge in [0.1, 0.15) is 18.5 Å². The molecule has 27 heavy (non-hydrogen) atoms. The molecule has 1 amide bonds. The first-order valence-corrected chi connectivity index (χ1v) is 8.58. The van der Waals surface area contributed by atoms with Crippen LogP contribution in [0.5, 0.6) is 5.75 Å². The summed E-state index contributed by atoms with van der Waals surface area (Å²) >= 11 is 0. The summed E-state index contributed by atoms with van der Waals surface area (Å²) in [7, 11) is 0. The minimum absolute atomic E-state index is 0.172. The summed E-state index contributed by atoms with van der Waals surface area (Å²) in [6.45, 7) is 1.24. The Kier molecular flexibility index (Phi) is 7.56. The number of nitrogens with one attached hydrogen (secondary N) is 1. The average Bonchev–Trinajstić information content (AvgIpc) is 2.61. The number of esters is 1. The van der Waals surface area contributed by atoms with Gasteiger partial charge in [-0.05, 0) is 30.7 Å². The van der Waals surface area contributed by atoms with E-state index in [-0.39, 0.29) is 25.4 Å². The molecule has 1 aliphatic heterocycles. The van der Waals surface area contributed by atoms with Crippen molar-refractivity contribution >= 4 is 23.5 Å². The van der Waals surface area contributed by atoms with Crippen LogP contribution in [0.15, 0.2) is 24.3 Å². The largest absolute Gasteiger partial charge is 0.481 e. The summed E-state index contributed by atoms with van der Waals surface area (Å²) in [4.78, 5) is 33.0. The first-order chi connectivity index (χ1) is 12.8. The van der Waals surface area contributed by atoms with Gasteiger partial charge in [0, 0.05) is 19.0 Å². The van der Waals surface area contributed by atoms with Crippen LogP contribution in [-0.2, 0) is 23.9 Å². The van der Waals surface area contributed by atoms with Crippen LogP contribution in [0, 0.1) is 0 Å². The van der Waals surface area contributed by atoms with Crippen molar-refractivity contribution in [3.63, 3.8) is 0 Å². The zero-order valence-electron chi connectivity index (χ0n) is 14.9. The molecule has 0 bridgehead atoms. The molecule has 1 heterocycles. The van der Waals surface area contributed by atoms with Gasteiger partial charge in [0.15, 0.2) is 6.29 Å². The van der Waals surface area contributed by atoms with Gasteiger partial charge in [-0.25, -0.2) is 0 Å². The van der Waals surface area contributed by atoms with Crippen LogP contribution >= 0.6 is 0 Å². The van der Waals surface area contributed by atoms with Crippen molar-refractivity contribution in [2.24, 2.45) is 0 Å². The predicted octanol–water partition coefficient (Wildman–Crippen LogP) is 1.30. The number of aliphatic hydroxyl groups excluding tert-OH is 1. The summed E-state index contributed by atoms with van der Waals surface area (Å²) in [6, 6.07) is 6.74. The minimum Gasteiger partial charge on any atom is -0.481 e. The third-order valence-corrected chi connectivity index (χ3v) is 3.85. The molecule has 3 atom stereocenters. The standard InChI is InChI=1S/C18H23NO8/c1-11(20)19-12-2-4-13(5-3-12)26-18-9-6-14(21)15(27-18)10-25-17(24)8-7-16(22)23/h2-5,14-15,18,21H,6-10H2,1H3,(H,19,20)(H,22,23). The van der Waals surface area contributed by atoms with Gasteiger partial charge < -0.3 is 29.7 Å². The fraction of sp³-hybridized carbons (Fsp3) is 0.500. The van der Waals surface area contributed by atoms with Crippen LogP contribution in [0.4, 0.5) is 5.69 Å². The van der Waals surface area contributed by atoms with Crippen LogP contribution in [0.3, 0.4) is 0 Å². The molecule has 3 unspecified atom stereocenters. The number of carbonyl (C=O) groups excluding carboxylic acids is 2. The van der Waals surface area contributed by atoms with Gasteiger partial charge in [-0.3, -0.25) is 14.4 Å². The molecule has 1 fully saturated rings. The summed E-state index contributed by atoms with van der Waals surface area (Å²) in [6.07, 6.45) is -1.87. The van der Waals surface area contributed by atoms with Gasteiger partial charge in [-0.15, -0.1) is 0 Å². The molecule has 148 valence electrons. The second-order valence-corrected chi connectivity index (χ2v) is 6.15. The number of aliphatic carboxylic acids is 1. The van der Waals surface area contributed by atoms with E-state index < -0.39 is 30.4 Å². The van der Waals surface area contributed by atoms with E-state index in [2.05, 4.69) is 5.32 Å². The summed E-state index contributed by atoms with van der Waals surface area (Å²) in [5.74, 6) is -1.39. The smallest absolute Gasteiger partial charge is 0.306 e. The van der Waals surface area contributed by atoms with E-state index >= 15 is 0 Å². The maximum Gasteiger partial charge on any atom is 0.306 e. The van der Waals surface area contributed by atoms with Gasteiger partial charge in [-0.2, -0.15) is 0 Å². The molecule has 0 spiro atoms. The number of ether oxygens (including phenoxy) is 3. The highest BCUT2D eigenvalue weighted by atomic mass is 16.7. The maximum absolute atomic E-state index is 11.5. The number of carboxylic acid groups (broad SMARTS) is 1. The van der Waals surface area contributed by atoms with E-state index in [1.54, 1.807) is 24.3 Å². The molecule has 1 aromatic carbocycles. The molecule has 3 N–H and O–H groups in total. The molecule has 0 saturated carbocycles. The van der Waals surface area contributed by atoms with E-state index in [1.807, 2.05) is 0 Å². The van der Waals surface area contributed by atoms with Crippen molar-refractivity contribution < 1.29 is 38.8 Å². The van der Waals surface area contributed by atoms with E-state index in [0.29, 0.717) is 24.3 Å². The van der Waals surface area contributed by atoms with E-state index in [4.69, 9.17) is 19.3 Å². The number of carboxylic acids is 1. The van der Waals surface area contributed by atoms with Crippen molar-refractivity contribution in [1.29, 1.82) is 0 Å². The van der Waals surface area contributed by atoms with Crippen molar-refractivity contribution in [3.8, 4) is 5.75 Å². The molecule has 0 radical (unpaired) electrons. The number of anilines is 1. The molecule has 1 aliphatic rings. The summed E-state index contributed by atoms with van der Waals surface area (Å²) < 4.78 is 16.3. The highest BCUT2D eigenvalue weighted by Crippen LogP contribution is 2.24. The van der Waals surface area contributed by atoms with Gasteiger partial charge >= 0.3 is 11.9 Å². The lowest BCUT2D eigenvalue weighted by Gasteiger charge is -2.33. The first-order valence-electron chi connectivity index (χ1n) is 8.58. The quantitative estimate of drug-likeness (QED) is 0.574. The Hall–Kier alpha value is -2.65. The topological polar surface area (TPSA) is 131 Å². The molecule has 1 saturated heterocycles. The second-order valence-electron chi connectivity index (χ2n) is 6.15. The van der Waals surface area contributed by atoms with Crippen molar-refractivity contribution in [2.45, 2.75) is 51.1 Å². The molecule has 9 nitrogen and oxygen atoms in total. The second kappa shape index (κ2) is 9.89. The Morgan fingerprint density at radius 3 is 2.52 bits per heavy atom. The van der Waals surface area contributed by atoms with Crippen molar-refractivity contribution in [3.05, 3.63) is 24.3 Å². The fourth-order valence-electron chi connectivity index (χ4n) is 2.51.